The molecule has 0 heterocycles. The Labute approximate surface area is 75.6 Å². The van der Waals surface area contributed by atoms with Crippen LogP contribution in [0.15, 0.2) is 11.8 Å². The van der Waals surface area contributed by atoms with Gasteiger partial charge in [-0.1, -0.05) is 13.8 Å². The van der Waals surface area contributed by atoms with Crippen molar-refractivity contribution in [1.29, 1.82) is 5.41 Å². The molecule has 0 unspecified atom stereocenters. The number of nitrogens with one attached hydrogen (secondary N) is 2. The standard InChI is InChI=1S/C10H20N2/c1-7(2)10(5)12-9(4)6-8(3)11/h6-7,10-12H,1-5H3/b9-6-,11-8?/t10-/m1/s1. The summed E-state index contributed by atoms with van der Waals surface area (Å²) in [5.41, 5.74) is 1.67. The molecule has 70 valence electrons. The molecule has 0 saturated carbocycles. The molecule has 2 N–H and O–H groups in total. The van der Waals surface area contributed by atoms with Crippen LogP contribution in [0.1, 0.15) is 34.6 Å². The quantitative estimate of drug-likeness (QED) is 0.622. The van der Waals surface area contributed by atoms with Gasteiger partial charge in [-0.15, -0.1) is 0 Å². The molecular formula is C10H20N2. The minimum Gasteiger partial charge on any atom is -0.386 e. The van der Waals surface area contributed by atoms with Crippen LogP contribution in [0, 0.1) is 11.3 Å². The van der Waals surface area contributed by atoms with E-state index in [1.54, 1.807) is 6.92 Å². The van der Waals surface area contributed by atoms with Gasteiger partial charge in [-0.05, 0) is 32.8 Å². The minimum atomic E-state index is 0.473. The molecule has 0 aliphatic heterocycles. The average Bonchev–Trinajstić information content (AvgIpc) is 1.84. The molecule has 0 fully saturated rings. The predicted molar refractivity (Wildman–Crippen MR) is 54.6 cm³/mol. The van der Waals surface area contributed by atoms with Gasteiger partial charge in [0.2, 0.25) is 0 Å². The Kier molecular flexibility index (Phi) is 4.64. The molecule has 1 atom stereocenters. The number of rotatable bonds is 4. The summed E-state index contributed by atoms with van der Waals surface area (Å²) in [4.78, 5) is 0. The molecular weight excluding hydrogens is 148 g/mol. The largest absolute Gasteiger partial charge is 0.386 e. The third kappa shape index (κ3) is 4.94. The first-order valence-corrected chi connectivity index (χ1v) is 4.43. The Morgan fingerprint density at radius 1 is 1.25 bits per heavy atom. The third-order valence-corrected chi connectivity index (χ3v) is 1.89. The van der Waals surface area contributed by atoms with Crippen LogP contribution in [-0.4, -0.2) is 11.8 Å². The summed E-state index contributed by atoms with van der Waals surface area (Å²) in [5, 5.41) is 10.6. The van der Waals surface area contributed by atoms with E-state index in [0.29, 0.717) is 17.7 Å². The molecule has 0 radical (unpaired) electrons. The van der Waals surface area contributed by atoms with E-state index in [0.717, 1.165) is 5.70 Å². The van der Waals surface area contributed by atoms with Crippen molar-refractivity contribution in [2.24, 2.45) is 5.92 Å². The predicted octanol–water partition coefficient (Wildman–Crippen LogP) is 2.56. The lowest BCUT2D eigenvalue weighted by Crippen LogP contribution is -2.29. The van der Waals surface area contributed by atoms with Crippen LogP contribution < -0.4 is 5.32 Å². The highest BCUT2D eigenvalue weighted by atomic mass is 14.9. The molecule has 0 aliphatic rings. The van der Waals surface area contributed by atoms with Gasteiger partial charge in [0.15, 0.2) is 0 Å². The highest BCUT2D eigenvalue weighted by Gasteiger charge is 2.05. The van der Waals surface area contributed by atoms with E-state index in [9.17, 15) is 0 Å². The molecule has 2 heteroatoms. The molecule has 0 rings (SSSR count). The molecule has 0 bridgehead atoms. The summed E-state index contributed by atoms with van der Waals surface area (Å²) in [5.74, 6) is 0.624. The van der Waals surface area contributed by atoms with E-state index < -0.39 is 0 Å². The monoisotopic (exact) mass is 168 g/mol. The first kappa shape index (κ1) is 11.2. The first-order chi connectivity index (χ1) is 5.43. The molecule has 12 heavy (non-hydrogen) atoms. The maximum absolute atomic E-state index is 7.26. The number of hydrogen-bond acceptors (Lipinski definition) is 2. The Hall–Kier alpha value is -0.790. The van der Waals surface area contributed by atoms with Crippen molar-refractivity contribution >= 4 is 5.71 Å². The Balaban J connectivity index is 4.00. The second-order valence-electron chi connectivity index (χ2n) is 3.69. The van der Waals surface area contributed by atoms with Gasteiger partial charge in [0.05, 0.1) is 0 Å². The maximum Gasteiger partial charge on any atom is 0.0300 e. The van der Waals surface area contributed by atoms with Crippen LogP contribution in [0.4, 0.5) is 0 Å². The van der Waals surface area contributed by atoms with Crippen molar-refractivity contribution < 1.29 is 0 Å². The fourth-order valence-electron chi connectivity index (χ4n) is 0.892. The SMILES string of the molecule is CC(=N)/C=C(/C)N[C@H](C)C(C)C. The minimum absolute atomic E-state index is 0.473. The van der Waals surface area contributed by atoms with Crippen LogP contribution in [0.5, 0.6) is 0 Å². The lowest BCUT2D eigenvalue weighted by molar-refractivity contribution is 0.462. The number of hydrogen-bond donors (Lipinski definition) is 2. The molecule has 0 spiro atoms. The van der Waals surface area contributed by atoms with E-state index in [2.05, 4.69) is 26.1 Å². The molecule has 0 amide bonds. The molecule has 0 aromatic carbocycles. The lowest BCUT2D eigenvalue weighted by atomic mass is 10.1. The van der Waals surface area contributed by atoms with Crippen LogP contribution in [-0.2, 0) is 0 Å². The lowest BCUT2D eigenvalue weighted by Gasteiger charge is -2.18. The van der Waals surface area contributed by atoms with Crippen LogP contribution in [0.3, 0.4) is 0 Å². The van der Waals surface area contributed by atoms with Crippen LogP contribution >= 0.6 is 0 Å². The molecule has 0 aromatic rings. The fraction of sp³-hybridized carbons (Fsp3) is 0.700. The van der Waals surface area contributed by atoms with Crippen molar-refractivity contribution in [2.45, 2.75) is 40.7 Å². The molecule has 0 aliphatic carbocycles. The first-order valence-electron chi connectivity index (χ1n) is 4.43. The summed E-state index contributed by atoms with van der Waals surface area (Å²) >= 11 is 0. The Bertz CT molecular complexity index is 180. The highest BCUT2D eigenvalue weighted by molar-refractivity contribution is 5.90. The Morgan fingerprint density at radius 3 is 2.08 bits per heavy atom. The summed E-state index contributed by atoms with van der Waals surface area (Å²) in [7, 11) is 0. The van der Waals surface area contributed by atoms with Gasteiger partial charge >= 0.3 is 0 Å². The van der Waals surface area contributed by atoms with Crippen LogP contribution in [0.25, 0.3) is 0 Å². The summed E-state index contributed by atoms with van der Waals surface area (Å²) in [6.07, 6.45) is 1.85. The normalized spacial score (nSPS) is 14.7. The second-order valence-corrected chi connectivity index (χ2v) is 3.69. The van der Waals surface area contributed by atoms with E-state index in [1.165, 1.54) is 0 Å². The zero-order valence-electron chi connectivity index (χ0n) is 8.73. The van der Waals surface area contributed by atoms with Crippen molar-refractivity contribution in [1.82, 2.24) is 5.32 Å². The van der Waals surface area contributed by atoms with Gasteiger partial charge in [-0.25, -0.2) is 0 Å². The molecule has 0 aromatic heterocycles. The highest BCUT2D eigenvalue weighted by Crippen LogP contribution is 2.02. The van der Waals surface area contributed by atoms with E-state index in [1.807, 2.05) is 13.0 Å². The average molecular weight is 168 g/mol. The van der Waals surface area contributed by atoms with Gasteiger partial charge in [0.1, 0.15) is 0 Å². The van der Waals surface area contributed by atoms with Crippen molar-refractivity contribution in [3.63, 3.8) is 0 Å². The van der Waals surface area contributed by atoms with Crippen molar-refractivity contribution in [2.75, 3.05) is 0 Å². The van der Waals surface area contributed by atoms with Gasteiger partial charge in [0.25, 0.3) is 0 Å². The van der Waals surface area contributed by atoms with Gasteiger partial charge in [-0.3, -0.25) is 0 Å². The van der Waals surface area contributed by atoms with Gasteiger partial charge < -0.3 is 10.7 Å². The topological polar surface area (TPSA) is 35.9 Å². The van der Waals surface area contributed by atoms with E-state index >= 15 is 0 Å². The summed E-state index contributed by atoms with van der Waals surface area (Å²) in [6.45, 7) is 10.3. The Morgan fingerprint density at radius 2 is 1.75 bits per heavy atom. The number of allylic oxidation sites excluding steroid dienone is 2. The maximum atomic E-state index is 7.26. The fourth-order valence-corrected chi connectivity index (χ4v) is 0.892. The van der Waals surface area contributed by atoms with Crippen molar-refractivity contribution in [3.05, 3.63) is 11.8 Å². The summed E-state index contributed by atoms with van der Waals surface area (Å²) < 4.78 is 0. The van der Waals surface area contributed by atoms with E-state index in [4.69, 9.17) is 5.41 Å². The second kappa shape index (κ2) is 4.96. The molecule has 2 nitrogen and oxygen atoms in total. The van der Waals surface area contributed by atoms with Crippen molar-refractivity contribution in [3.8, 4) is 0 Å². The van der Waals surface area contributed by atoms with Gasteiger partial charge in [-0.2, -0.15) is 0 Å². The zero-order valence-corrected chi connectivity index (χ0v) is 8.73. The summed E-state index contributed by atoms with van der Waals surface area (Å²) in [6, 6.07) is 0.473. The zero-order chi connectivity index (χ0) is 9.72. The smallest absolute Gasteiger partial charge is 0.0300 e. The van der Waals surface area contributed by atoms with Crippen LogP contribution in [0.2, 0.25) is 0 Å². The van der Waals surface area contributed by atoms with E-state index in [-0.39, 0.29) is 0 Å². The molecule has 0 saturated heterocycles. The third-order valence-electron chi connectivity index (χ3n) is 1.89. The van der Waals surface area contributed by atoms with Gasteiger partial charge in [0, 0.05) is 17.5 Å².